The summed E-state index contributed by atoms with van der Waals surface area (Å²) < 4.78 is 23.2. The third-order valence-corrected chi connectivity index (χ3v) is 3.11. The first-order valence-electron chi connectivity index (χ1n) is 4.67. The highest BCUT2D eigenvalue weighted by Crippen LogP contribution is 2.13. The van der Waals surface area contributed by atoms with E-state index in [0.717, 1.165) is 10.9 Å². The van der Waals surface area contributed by atoms with Crippen LogP contribution in [-0.2, 0) is 10.0 Å². The molecule has 0 unspecified atom stereocenters. The number of aromatic nitrogens is 3. The molecule has 0 aliphatic heterocycles. The van der Waals surface area contributed by atoms with E-state index in [1.54, 1.807) is 0 Å². The van der Waals surface area contributed by atoms with E-state index in [1.807, 2.05) is 0 Å². The molecule has 0 saturated heterocycles. The summed E-state index contributed by atoms with van der Waals surface area (Å²) in [5, 5.41) is 20.9. The second kappa shape index (κ2) is 4.20. The first-order valence-corrected chi connectivity index (χ1v) is 6.21. The Hall–Kier alpha value is -2.26. The zero-order chi connectivity index (χ0) is 13.3. The number of hydrogen-bond acceptors (Lipinski definition) is 5. The van der Waals surface area contributed by atoms with Gasteiger partial charge in [0.2, 0.25) is 10.0 Å². The SMILES string of the molecule is NS(=O)(=O)c1ccc(-n2nncc2C(=O)O)cc1. The highest BCUT2D eigenvalue weighted by atomic mass is 32.2. The highest BCUT2D eigenvalue weighted by molar-refractivity contribution is 7.89. The van der Waals surface area contributed by atoms with E-state index >= 15 is 0 Å². The maximum atomic E-state index is 11.1. The molecular formula is C9H8N4O4S. The van der Waals surface area contributed by atoms with Gasteiger partial charge >= 0.3 is 5.97 Å². The molecule has 0 bridgehead atoms. The number of nitrogens with two attached hydrogens (primary N) is 1. The summed E-state index contributed by atoms with van der Waals surface area (Å²) in [6.07, 6.45) is 1.09. The number of benzene rings is 1. The molecule has 1 heterocycles. The average molecular weight is 268 g/mol. The summed E-state index contributed by atoms with van der Waals surface area (Å²) in [5.41, 5.74) is 0.246. The molecule has 3 N–H and O–H groups in total. The minimum absolute atomic E-state index is 0.0664. The number of hydrogen-bond donors (Lipinski definition) is 2. The fraction of sp³-hybridized carbons (Fsp3) is 0. The summed E-state index contributed by atoms with van der Waals surface area (Å²) in [6.45, 7) is 0. The molecule has 0 atom stereocenters. The third kappa shape index (κ3) is 2.21. The maximum absolute atomic E-state index is 11.1. The third-order valence-electron chi connectivity index (χ3n) is 2.18. The van der Waals surface area contributed by atoms with Crippen LogP contribution in [0.2, 0.25) is 0 Å². The number of carboxylic acids is 1. The molecule has 0 fully saturated rings. The Bertz CT molecular complexity index is 690. The smallest absolute Gasteiger partial charge is 0.356 e. The summed E-state index contributed by atoms with van der Waals surface area (Å²) in [4.78, 5) is 10.8. The van der Waals surface area contributed by atoms with Crippen LogP contribution < -0.4 is 5.14 Å². The van der Waals surface area contributed by atoms with Crippen molar-refractivity contribution in [3.63, 3.8) is 0 Å². The average Bonchev–Trinajstić information content (AvgIpc) is 2.77. The van der Waals surface area contributed by atoms with Gasteiger partial charge in [-0.2, -0.15) is 0 Å². The standard InChI is InChI=1S/C9H8N4O4S/c10-18(16,17)7-3-1-6(2-4-7)13-8(9(14)15)5-11-12-13/h1-5H,(H,14,15)(H2,10,16,17). The van der Waals surface area contributed by atoms with Gasteiger partial charge in [0.05, 0.1) is 16.8 Å². The van der Waals surface area contributed by atoms with Crippen molar-refractivity contribution in [1.29, 1.82) is 0 Å². The Kier molecular flexibility index (Phi) is 2.85. The van der Waals surface area contributed by atoms with Crippen LogP contribution in [0.3, 0.4) is 0 Å². The molecule has 2 rings (SSSR count). The largest absolute Gasteiger partial charge is 0.476 e. The van der Waals surface area contributed by atoms with Crippen molar-refractivity contribution < 1.29 is 18.3 Å². The van der Waals surface area contributed by atoms with Crippen molar-refractivity contribution in [2.24, 2.45) is 5.14 Å². The molecule has 18 heavy (non-hydrogen) atoms. The molecule has 1 aromatic carbocycles. The van der Waals surface area contributed by atoms with Crippen molar-refractivity contribution in [3.8, 4) is 5.69 Å². The lowest BCUT2D eigenvalue weighted by Crippen LogP contribution is -2.12. The van der Waals surface area contributed by atoms with Gasteiger partial charge in [-0.05, 0) is 24.3 Å². The minimum atomic E-state index is -3.78. The lowest BCUT2D eigenvalue weighted by Gasteiger charge is -2.04. The van der Waals surface area contributed by atoms with Crippen molar-refractivity contribution in [3.05, 3.63) is 36.2 Å². The lowest BCUT2D eigenvalue weighted by molar-refractivity contribution is 0.0687. The predicted octanol–water partition coefficient (Wildman–Crippen LogP) is -0.387. The zero-order valence-corrected chi connectivity index (χ0v) is 9.70. The molecule has 9 heteroatoms. The molecule has 0 saturated carbocycles. The van der Waals surface area contributed by atoms with Crippen LogP contribution in [0.25, 0.3) is 5.69 Å². The number of aromatic carboxylic acids is 1. The fourth-order valence-corrected chi connectivity index (χ4v) is 1.86. The summed E-state index contributed by atoms with van der Waals surface area (Å²) >= 11 is 0. The van der Waals surface area contributed by atoms with E-state index < -0.39 is 16.0 Å². The van der Waals surface area contributed by atoms with Crippen LogP contribution in [0.15, 0.2) is 35.4 Å². The number of rotatable bonds is 3. The Morgan fingerprint density at radius 1 is 1.28 bits per heavy atom. The van der Waals surface area contributed by atoms with Gasteiger partial charge in [-0.1, -0.05) is 5.21 Å². The monoisotopic (exact) mass is 268 g/mol. The molecule has 0 aliphatic rings. The van der Waals surface area contributed by atoms with E-state index in [9.17, 15) is 13.2 Å². The van der Waals surface area contributed by atoms with Crippen molar-refractivity contribution >= 4 is 16.0 Å². The topological polar surface area (TPSA) is 128 Å². The summed E-state index contributed by atoms with van der Waals surface area (Å²) in [7, 11) is -3.78. The zero-order valence-electron chi connectivity index (χ0n) is 8.89. The number of nitrogens with zero attached hydrogens (tertiary/aromatic N) is 3. The quantitative estimate of drug-likeness (QED) is 0.780. The van der Waals surface area contributed by atoms with Crippen LogP contribution in [0.1, 0.15) is 10.5 Å². The number of primary sulfonamides is 1. The van der Waals surface area contributed by atoms with Crippen LogP contribution in [0.4, 0.5) is 0 Å². The predicted molar refractivity (Wildman–Crippen MR) is 59.7 cm³/mol. The van der Waals surface area contributed by atoms with Crippen LogP contribution in [0, 0.1) is 0 Å². The van der Waals surface area contributed by atoms with Gasteiger partial charge in [0.25, 0.3) is 0 Å². The van der Waals surface area contributed by atoms with Gasteiger partial charge in [-0.15, -0.1) is 5.10 Å². The molecule has 8 nitrogen and oxygen atoms in total. The Morgan fingerprint density at radius 3 is 2.39 bits per heavy atom. The highest BCUT2D eigenvalue weighted by Gasteiger charge is 2.14. The van der Waals surface area contributed by atoms with Gasteiger partial charge in [-0.3, -0.25) is 0 Å². The first-order chi connectivity index (χ1) is 8.39. The number of carbonyl (C=O) groups is 1. The summed E-state index contributed by atoms with van der Waals surface area (Å²) in [5.74, 6) is -1.18. The Labute approximate surface area is 102 Å². The van der Waals surface area contributed by atoms with Gasteiger partial charge in [0.1, 0.15) is 0 Å². The Balaban J connectivity index is 2.47. The van der Waals surface area contributed by atoms with Gasteiger partial charge in [0.15, 0.2) is 5.69 Å². The summed E-state index contributed by atoms with van der Waals surface area (Å²) in [6, 6.07) is 5.30. The van der Waals surface area contributed by atoms with Gasteiger partial charge in [-0.25, -0.2) is 23.0 Å². The van der Waals surface area contributed by atoms with E-state index in [0.29, 0.717) is 5.69 Å². The van der Waals surface area contributed by atoms with E-state index in [1.165, 1.54) is 24.3 Å². The molecule has 0 radical (unpaired) electrons. The van der Waals surface area contributed by atoms with Crippen molar-refractivity contribution in [2.45, 2.75) is 4.90 Å². The molecule has 94 valence electrons. The van der Waals surface area contributed by atoms with Crippen LogP contribution >= 0.6 is 0 Å². The van der Waals surface area contributed by atoms with Crippen LogP contribution in [-0.4, -0.2) is 34.5 Å². The van der Waals surface area contributed by atoms with E-state index in [-0.39, 0.29) is 10.6 Å². The number of sulfonamides is 1. The molecule has 2 aromatic rings. The molecule has 1 aromatic heterocycles. The molecule has 0 spiro atoms. The van der Waals surface area contributed by atoms with E-state index in [4.69, 9.17) is 10.2 Å². The number of carboxylic acid groups (broad SMARTS) is 1. The van der Waals surface area contributed by atoms with Gasteiger partial charge in [0, 0.05) is 0 Å². The first kappa shape index (κ1) is 12.2. The van der Waals surface area contributed by atoms with Gasteiger partial charge < -0.3 is 5.11 Å². The maximum Gasteiger partial charge on any atom is 0.356 e. The Morgan fingerprint density at radius 2 is 1.89 bits per heavy atom. The van der Waals surface area contributed by atoms with Crippen molar-refractivity contribution in [2.75, 3.05) is 0 Å². The molecular weight excluding hydrogens is 260 g/mol. The molecule has 0 amide bonds. The lowest BCUT2D eigenvalue weighted by atomic mass is 10.3. The van der Waals surface area contributed by atoms with Crippen molar-refractivity contribution in [1.82, 2.24) is 15.0 Å². The van der Waals surface area contributed by atoms with Crippen LogP contribution in [0.5, 0.6) is 0 Å². The second-order valence-corrected chi connectivity index (χ2v) is 4.94. The minimum Gasteiger partial charge on any atom is -0.476 e. The molecule has 0 aliphatic carbocycles. The fourth-order valence-electron chi connectivity index (χ4n) is 1.35. The second-order valence-electron chi connectivity index (χ2n) is 3.38. The van der Waals surface area contributed by atoms with E-state index in [2.05, 4.69) is 10.3 Å². The normalized spacial score (nSPS) is 11.4.